The van der Waals surface area contributed by atoms with Gasteiger partial charge in [0.05, 0.1) is 24.3 Å². The maximum Gasteiger partial charge on any atom is 0.156 e. The Morgan fingerprint density at radius 3 is 2.95 bits per heavy atom. The number of nitrogens with zero attached hydrogens (tertiary/aromatic N) is 2. The van der Waals surface area contributed by atoms with Crippen molar-refractivity contribution in [3.63, 3.8) is 0 Å². The summed E-state index contributed by atoms with van der Waals surface area (Å²) in [4.78, 5) is 20.9. The fraction of sp³-hybridized carbons (Fsp3) is 0.375. The number of H-pyrrole nitrogens is 1. The summed E-state index contributed by atoms with van der Waals surface area (Å²) < 4.78 is 5.33. The van der Waals surface area contributed by atoms with Crippen LogP contribution in [0.4, 0.5) is 0 Å². The molecule has 2 aromatic rings. The summed E-state index contributed by atoms with van der Waals surface area (Å²) in [5, 5.41) is 9.69. The smallest absolute Gasteiger partial charge is 0.156 e. The number of aromatic hydroxyl groups is 1. The number of nitrogens with one attached hydrogen (secondary N) is 1. The summed E-state index contributed by atoms with van der Waals surface area (Å²) in [5.74, 6) is 0.747. The van der Waals surface area contributed by atoms with E-state index < -0.39 is 0 Å². The van der Waals surface area contributed by atoms with Crippen molar-refractivity contribution in [2.24, 2.45) is 0 Å². The molecule has 22 heavy (non-hydrogen) atoms. The monoisotopic (exact) mass is 301 g/mol. The van der Waals surface area contributed by atoms with Crippen molar-refractivity contribution < 1.29 is 14.6 Å². The molecule has 1 aromatic heterocycles. The molecule has 0 amide bonds. The molecule has 1 fully saturated rings. The predicted octanol–water partition coefficient (Wildman–Crippen LogP) is 1.86. The molecule has 0 bridgehead atoms. The minimum absolute atomic E-state index is 0.0433. The first-order chi connectivity index (χ1) is 10.7. The number of carbonyl (C=O) groups is 1. The van der Waals surface area contributed by atoms with Crippen LogP contribution >= 0.6 is 0 Å². The highest BCUT2D eigenvalue weighted by Crippen LogP contribution is 2.24. The molecule has 2 heterocycles. The summed E-state index contributed by atoms with van der Waals surface area (Å²) in [5.41, 5.74) is 2.57. The largest absolute Gasteiger partial charge is 0.507 e. The number of benzene rings is 1. The van der Waals surface area contributed by atoms with Gasteiger partial charge in [-0.2, -0.15) is 0 Å². The van der Waals surface area contributed by atoms with Crippen LogP contribution in [0.2, 0.25) is 0 Å². The third-order valence-electron chi connectivity index (χ3n) is 3.95. The molecule has 2 N–H and O–H groups in total. The van der Waals surface area contributed by atoms with Gasteiger partial charge in [0.25, 0.3) is 0 Å². The highest BCUT2D eigenvalue weighted by molar-refractivity contribution is 5.97. The van der Waals surface area contributed by atoms with Gasteiger partial charge in [-0.05, 0) is 18.6 Å². The number of aromatic nitrogens is 2. The maximum atomic E-state index is 11.1. The minimum atomic E-state index is -0.0433. The Morgan fingerprint density at radius 1 is 1.45 bits per heavy atom. The Balaban J connectivity index is 1.71. The Hall–Kier alpha value is -2.34. The standard InChI is InChI=1S/C16H19N3O3/c1-11(19-6-8-22-9-7-19)2-5-15-17-13-3-4-14(21)12(10-20)16(13)18-15/h3-4,10,21H,1-2,5-9H2,(H,17,18). The molecule has 0 saturated carbocycles. The lowest BCUT2D eigenvalue weighted by atomic mass is 10.2. The van der Waals surface area contributed by atoms with Crippen LogP contribution in [-0.4, -0.2) is 52.6 Å². The van der Waals surface area contributed by atoms with Gasteiger partial charge in [0, 0.05) is 25.2 Å². The number of aldehydes is 1. The molecule has 0 atom stereocenters. The van der Waals surface area contributed by atoms with Gasteiger partial charge < -0.3 is 19.7 Å². The van der Waals surface area contributed by atoms with Gasteiger partial charge >= 0.3 is 0 Å². The van der Waals surface area contributed by atoms with E-state index in [-0.39, 0.29) is 11.3 Å². The molecular weight excluding hydrogens is 282 g/mol. The SMILES string of the molecule is C=C(CCc1nc2c(C=O)c(O)ccc2[nH]1)N1CCOCC1. The van der Waals surface area contributed by atoms with E-state index in [9.17, 15) is 9.90 Å². The van der Waals surface area contributed by atoms with E-state index >= 15 is 0 Å². The normalized spacial score (nSPS) is 15.2. The second-order valence-electron chi connectivity index (χ2n) is 5.36. The van der Waals surface area contributed by atoms with Crippen molar-refractivity contribution >= 4 is 17.3 Å². The van der Waals surface area contributed by atoms with E-state index in [1.54, 1.807) is 6.07 Å². The number of hydrogen-bond acceptors (Lipinski definition) is 5. The summed E-state index contributed by atoms with van der Waals surface area (Å²) in [6.07, 6.45) is 2.14. The Labute approximate surface area is 128 Å². The molecule has 1 aliphatic heterocycles. The highest BCUT2D eigenvalue weighted by Gasteiger charge is 2.14. The minimum Gasteiger partial charge on any atom is -0.507 e. The number of allylic oxidation sites excluding steroid dienone is 1. The molecule has 6 heteroatoms. The molecule has 0 radical (unpaired) electrons. The molecule has 0 aliphatic carbocycles. The zero-order chi connectivity index (χ0) is 15.5. The first-order valence-corrected chi connectivity index (χ1v) is 7.35. The van der Waals surface area contributed by atoms with Crippen LogP contribution in [0.3, 0.4) is 0 Å². The van der Waals surface area contributed by atoms with Crippen molar-refractivity contribution in [3.05, 3.63) is 35.8 Å². The molecular formula is C16H19N3O3. The second kappa shape index (κ2) is 6.19. The van der Waals surface area contributed by atoms with Crippen LogP contribution in [0.5, 0.6) is 5.75 Å². The van der Waals surface area contributed by atoms with E-state index in [0.29, 0.717) is 18.2 Å². The summed E-state index contributed by atoms with van der Waals surface area (Å²) in [6.45, 7) is 7.37. The van der Waals surface area contributed by atoms with Gasteiger partial charge in [-0.1, -0.05) is 6.58 Å². The number of imidazole rings is 1. The number of hydrogen-bond donors (Lipinski definition) is 2. The van der Waals surface area contributed by atoms with Gasteiger partial charge in [0.1, 0.15) is 17.1 Å². The lowest BCUT2D eigenvalue weighted by Gasteiger charge is -2.30. The fourth-order valence-corrected chi connectivity index (χ4v) is 2.67. The zero-order valence-corrected chi connectivity index (χ0v) is 12.3. The average Bonchev–Trinajstić information content (AvgIpc) is 2.96. The highest BCUT2D eigenvalue weighted by atomic mass is 16.5. The first kappa shape index (κ1) is 14.6. The van der Waals surface area contributed by atoms with E-state index in [1.165, 1.54) is 6.07 Å². The number of phenolic OH excluding ortho intramolecular Hbond substituents is 1. The van der Waals surface area contributed by atoms with E-state index in [1.807, 2.05) is 0 Å². The molecule has 0 spiro atoms. The topological polar surface area (TPSA) is 78.4 Å². The lowest BCUT2D eigenvalue weighted by Crippen LogP contribution is -2.35. The van der Waals surface area contributed by atoms with E-state index in [0.717, 1.165) is 49.8 Å². The Morgan fingerprint density at radius 2 is 2.23 bits per heavy atom. The number of rotatable bonds is 5. The maximum absolute atomic E-state index is 11.1. The number of fused-ring (bicyclic) bond motifs is 1. The lowest BCUT2D eigenvalue weighted by molar-refractivity contribution is 0.0523. The molecule has 0 unspecified atom stereocenters. The van der Waals surface area contributed by atoms with Crippen LogP contribution in [0, 0.1) is 0 Å². The van der Waals surface area contributed by atoms with Crippen LogP contribution < -0.4 is 0 Å². The van der Waals surface area contributed by atoms with Crippen LogP contribution in [0.1, 0.15) is 22.6 Å². The summed E-state index contributed by atoms with van der Waals surface area (Å²) >= 11 is 0. The first-order valence-electron chi connectivity index (χ1n) is 7.35. The summed E-state index contributed by atoms with van der Waals surface area (Å²) in [7, 11) is 0. The number of aryl methyl sites for hydroxylation is 1. The van der Waals surface area contributed by atoms with Gasteiger partial charge in [-0.25, -0.2) is 4.98 Å². The van der Waals surface area contributed by atoms with Crippen LogP contribution in [0.25, 0.3) is 11.0 Å². The number of phenols is 1. The summed E-state index contributed by atoms with van der Waals surface area (Å²) in [6, 6.07) is 3.23. The quantitative estimate of drug-likeness (QED) is 0.824. The van der Waals surface area contributed by atoms with Crippen molar-refractivity contribution in [2.75, 3.05) is 26.3 Å². The van der Waals surface area contributed by atoms with Gasteiger partial charge in [-0.3, -0.25) is 4.79 Å². The second-order valence-corrected chi connectivity index (χ2v) is 5.36. The van der Waals surface area contributed by atoms with E-state index in [2.05, 4.69) is 21.4 Å². The number of ether oxygens (including phenoxy) is 1. The van der Waals surface area contributed by atoms with Gasteiger partial charge in [-0.15, -0.1) is 0 Å². The molecule has 1 aromatic carbocycles. The van der Waals surface area contributed by atoms with Crippen LogP contribution in [-0.2, 0) is 11.2 Å². The Kier molecular flexibility index (Phi) is 4.11. The average molecular weight is 301 g/mol. The molecule has 116 valence electrons. The van der Waals surface area contributed by atoms with Gasteiger partial charge in [0.15, 0.2) is 6.29 Å². The molecule has 6 nitrogen and oxygen atoms in total. The Bertz CT molecular complexity index is 702. The zero-order valence-electron chi connectivity index (χ0n) is 12.3. The molecule has 3 rings (SSSR count). The van der Waals surface area contributed by atoms with Crippen molar-refractivity contribution in [3.8, 4) is 5.75 Å². The van der Waals surface area contributed by atoms with Crippen molar-refractivity contribution in [1.82, 2.24) is 14.9 Å². The fourth-order valence-electron chi connectivity index (χ4n) is 2.67. The van der Waals surface area contributed by atoms with Gasteiger partial charge in [0.2, 0.25) is 0 Å². The third-order valence-corrected chi connectivity index (χ3v) is 3.95. The third kappa shape index (κ3) is 2.82. The predicted molar refractivity (Wildman–Crippen MR) is 83.0 cm³/mol. The van der Waals surface area contributed by atoms with Crippen LogP contribution in [0.15, 0.2) is 24.4 Å². The van der Waals surface area contributed by atoms with Crippen molar-refractivity contribution in [1.29, 1.82) is 0 Å². The number of carbonyl (C=O) groups excluding carboxylic acids is 1. The number of aromatic amines is 1. The van der Waals surface area contributed by atoms with Crippen molar-refractivity contribution in [2.45, 2.75) is 12.8 Å². The van der Waals surface area contributed by atoms with E-state index in [4.69, 9.17) is 4.74 Å². The molecule has 1 aliphatic rings. The number of morpholine rings is 1. The molecule has 1 saturated heterocycles.